The maximum absolute atomic E-state index is 11.4. The number of rotatable bonds is 46. The van der Waals surface area contributed by atoms with Crippen molar-refractivity contribution in [1.82, 2.24) is 4.90 Å². The Bertz CT molecular complexity index is 821. The molecule has 0 aromatic rings. The molecule has 1 heterocycles. The van der Waals surface area contributed by atoms with Gasteiger partial charge in [0.2, 0.25) is 0 Å². The van der Waals surface area contributed by atoms with E-state index in [0.29, 0.717) is 159 Å². The van der Waals surface area contributed by atoms with E-state index in [4.69, 9.17) is 61.6 Å². The minimum atomic E-state index is -0.307. The molecule has 1 aliphatic heterocycles. The van der Waals surface area contributed by atoms with Crippen molar-refractivity contribution in [2.45, 2.75) is 45.4 Å². The summed E-state index contributed by atoms with van der Waals surface area (Å²) < 4.78 is 71.3. The van der Waals surface area contributed by atoms with Crippen LogP contribution in [-0.4, -0.2) is 195 Å². The number of amides is 2. The summed E-state index contributed by atoms with van der Waals surface area (Å²) in [6, 6.07) is 0. The third kappa shape index (κ3) is 36.0. The Morgan fingerprint density at radius 3 is 0.815 bits per heavy atom. The quantitative estimate of drug-likeness (QED) is 0.0655. The van der Waals surface area contributed by atoms with E-state index in [9.17, 15) is 9.59 Å². The first-order valence-corrected chi connectivity index (χ1v) is 19.8. The van der Waals surface area contributed by atoms with Gasteiger partial charge in [-0.2, -0.15) is 0 Å². The topological polar surface area (TPSA) is 157 Å². The zero-order chi connectivity index (χ0) is 38.7. The first kappa shape index (κ1) is 50.4. The fourth-order valence-electron chi connectivity index (χ4n) is 4.53. The van der Waals surface area contributed by atoms with Crippen LogP contribution in [0.3, 0.4) is 0 Å². The molecule has 0 aromatic carbocycles. The van der Waals surface area contributed by atoms with E-state index in [1.54, 1.807) is 0 Å². The summed E-state index contributed by atoms with van der Waals surface area (Å²) in [7, 11) is 0. The van der Waals surface area contributed by atoms with E-state index in [1.807, 2.05) is 0 Å². The van der Waals surface area contributed by atoms with Crippen LogP contribution in [0.15, 0.2) is 12.2 Å². The molecule has 16 heteroatoms. The van der Waals surface area contributed by atoms with Crippen LogP contribution < -0.4 is 0 Å². The number of hydrogen-bond acceptors (Lipinski definition) is 15. The van der Waals surface area contributed by atoms with E-state index in [2.05, 4.69) is 6.92 Å². The predicted octanol–water partition coefficient (Wildman–Crippen LogP) is 2.49. The van der Waals surface area contributed by atoms with Gasteiger partial charge in [0.1, 0.15) is 0 Å². The molecule has 16 nitrogen and oxygen atoms in total. The highest BCUT2D eigenvalue weighted by molar-refractivity contribution is 6.12. The number of carbonyl (C=O) groups excluding carboxylic acids is 2. The van der Waals surface area contributed by atoms with E-state index >= 15 is 0 Å². The van der Waals surface area contributed by atoms with Gasteiger partial charge in [-0.05, 0) is 6.42 Å². The van der Waals surface area contributed by atoms with Crippen LogP contribution in [0.1, 0.15) is 45.4 Å². The van der Waals surface area contributed by atoms with Gasteiger partial charge in [0, 0.05) is 18.8 Å². The Hall–Kier alpha value is -1.64. The average Bonchev–Trinajstić information content (AvgIpc) is 3.50. The van der Waals surface area contributed by atoms with Crippen LogP contribution >= 0.6 is 0 Å². The Balaban J connectivity index is 1.60. The summed E-state index contributed by atoms with van der Waals surface area (Å²) in [6.07, 6.45) is 10.2. The van der Waals surface area contributed by atoms with Crippen molar-refractivity contribution >= 4 is 11.8 Å². The van der Waals surface area contributed by atoms with Gasteiger partial charge in [0.05, 0.1) is 172 Å². The maximum Gasteiger partial charge on any atom is 0.253 e. The lowest BCUT2D eigenvalue weighted by molar-refractivity contribution is -0.137. The van der Waals surface area contributed by atoms with Crippen LogP contribution in [0, 0.1) is 0 Å². The molecule has 0 saturated heterocycles. The number of carbonyl (C=O) groups is 2. The molecule has 318 valence electrons. The molecule has 0 bridgehead atoms. The highest BCUT2D eigenvalue weighted by atomic mass is 16.6. The second kappa shape index (κ2) is 42.5. The van der Waals surface area contributed by atoms with Gasteiger partial charge in [-0.3, -0.25) is 14.5 Å². The summed E-state index contributed by atoms with van der Waals surface area (Å²) in [5.41, 5.74) is 0. The van der Waals surface area contributed by atoms with Crippen LogP contribution in [0.25, 0.3) is 0 Å². The normalized spacial score (nSPS) is 12.9. The molecule has 0 unspecified atom stereocenters. The zero-order valence-electron chi connectivity index (χ0n) is 33.1. The van der Waals surface area contributed by atoms with Gasteiger partial charge in [-0.25, -0.2) is 0 Å². The Morgan fingerprint density at radius 1 is 0.315 bits per heavy atom. The van der Waals surface area contributed by atoms with E-state index < -0.39 is 0 Å². The Morgan fingerprint density at radius 2 is 0.537 bits per heavy atom. The van der Waals surface area contributed by atoms with E-state index in [0.717, 1.165) is 17.9 Å². The number of imide groups is 1. The fourth-order valence-corrected chi connectivity index (χ4v) is 4.53. The first-order valence-electron chi connectivity index (χ1n) is 19.8. The van der Waals surface area contributed by atoms with Crippen LogP contribution in [0.5, 0.6) is 0 Å². The summed E-state index contributed by atoms with van der Waals surface area (Å²) in [6.45, 7) is 15.6. The van der Waals surface area contributed by atoms with Crippen molar-refractivity contribution in [2.75, 3.05) is 178 Å². The molecule has 1 rings (SSSR count). The lowest BCUT2D eigenvalue weighted by atomic mass is 10.1. The molecule has 0 aromatic heterocycles. The minimum absolute atomic E-state index is 0.239. The lowest BCUT2D eigenvalue weighted by Gasteiger charge is -2.13. The highest BCUT2D eigenvalue weighted by Crippen LogP contribution is 2.05. The van der Waals surface area contributed by atoms with Crippen LogP contribution in [-0.2, 0) is 71.2 Å². The molecule has 1 aliphatic rings. The molecule has 2 amide bonds. The minimum Gasteiger partial charge on any atom is -0.379 e. The molecule has 54 heavy (non-hydrogen) atoms. The summed E-state index contributed by atoms with van der Waals surface area (Å²) in [5, 5.41) is 0. The average molecular weight is 782 g/mol. The second-order valence-corrected chi connectivity index (χ2v) is 11.9. The molecule has 0 saturated carbocycles. The van der Waals surface area contributed by atoms with E-state index in [-0.39, 0.29) is 25.0 Å². The molecule has 0 N–H and O–H groups in total. The Kier molecular flexibility index (Phi) is 39.7. The van der Waals surface area contributed by atoms with Crippen molar-refractivity contribution in [1.29, 1.82) is 0 Å². The Labute approximate surface area is 323 Å². The molecule has 0 aliphatic carbocycles. The number of hydrogen-bond donors (Lipinski definition) is 0. The van der Waals surface area contributed by atoms with Gasteiger partial charge in [-0.15, -0.1) is 0 Å². The van der Waals surface area contributed by atoms with Crippen molar-refractivity contribution in [2.24, 2.45) is 0 Å². The monoisotopic (exact) mass is 781 g/mol. The SMILES string of the molecule is CCCCCCCCOCCOCCOCCOCCOCCOCCOCCOCCOCCOCCOCCOCCOCCN1C(=O)C=CC1=O. The predicted molar refractivity (Wildman–Crippen MR) is 200 cm³/mol. The van der Waals surface area contributed by atoms with Crippen LogP contribution in [0.4, 0.5) is 0 Å². The highest BCUT2D eigenvalue weighted by Gasteiger charge is 2.22. The zero-order valence-corrected chi connectivity index (χ0v) is 33.1. The summed E-state index contributed by atoms with van der Waals surface area (Å²) in [4.78, 5) is 24.0. The first-order chi connectivity index (χ1) is 26.8. The smallest absolute Gasteiger partial charge is 0.253 e. The van der Waals surface area contributed by atoms with Crippen molar-refractivity contribution < 1.29 is 71.2 Å². The summed E-state index contributed by atoms with van der Waals surface area (Å²) in [5.74, 6) is -0.613. The lowest BCUT2D eigenvalue weighted by Crippen LogP contribution is -2.33. The molecular formula is C38H71NO15. The van der Waals surface area contributed by atoms with Gasteiger partial charge in [0.15, 0.2) is 0 Å². The van der Waals surface area contributed by atoms with Crippen molar-refractivity contribution in [3.05, 3.63) is 12.2 Å². The number of unbranched alkanes of at least 4 members (excludes halogenated alkanes) is 5. The third-order valence-electron chi connectivity index (χ3n) is 7.47. The van der Waals surface area contributed by atoms with Gasteiger partial charge >= 0.3 is 0 Å². The van der Waals surface area contributed by atoms with Gasteiger partial charge in [0.25, 0.3) is 11.8 Å². The van der Waals surface area contributed by atoms with Crippen molar-refractivity contribution in [3.8, 4) is 0 Å². The third-order valence-corrected chi connectivity index (χ3v) is 7.47. The standard InChI is InChI=1S/C38H71NO15/c1-2-3-4-5-6-7-11-42-13-15-44-17-19-46-21-23-48-25-27-50-29-31-52-33-35-54-36-34-53-32-30-51-28-26-49-24-22-47-20-18-45-16-14-43-12-10-39-37(40)8-9-38(39)41/h8-9H,2-7,10-36H2,1H3. The van der Waals surface area contributed by atoms with Gasteiger partial charge < -0.3 is 61.6 Å². The number of ether oxygens (including phenoxy) is 13. The molecule has 0 atom stereocenters. The fraction of sp³-hybridized carbons (Fsp3) is 0.895. The maximum atomic E-state index is 11.4. The number of nitrogens with zero attached hydrogens (tertiary/aromatic N) is 1. The molecule has 0 fully saturated rings. The molecule has 0 spiro atoms. The van der Waals surface area contributed by atoms with Gasteiger partial charge in [-0.1, -0.05) is 39.0 Å². The molecular weight excluding hydrogens is 710 g/mol. The van der Waals surface area contributed by atoms with Crippen molar-refractivity contribution in [3.63, 3.8) is 0 Å². The second-order valence-electron chi connectivity index (χ2n) is 11.9. The van der Waals surface area contributed by atoms with Crippen LogP contribution in [0.2, 0.25) is 0 Å². The molecule has 0 radical (unpaired) electrons. The van der Waals surface area contributed by atoms with E-state index in [1.165, 1.54) is 44.3 Å². The largest absolute Gasteiger partial charge is 0.379 e. The summed E-state index contributed by atoms with van der Waals surface area (Å²) >= 11 is 0.